The Balaban J connectivity index is 1.70. The molecule has 16 nitrogen and oxygen atoms in total. The summed E-state index contributed by atoms with van der Waals surface area (Å²) in [7, 11) is 6.74. The Morgan fingerprint density at radius 2 is 1.61 bits per heavy atom. The number of aromatic nitrogens is 1. The summed E-state index contributed by atoms with van der Waals surface area (Å²) in [5, 5.41) is 11.7. The second-order valence-electron chi connectivity index (χ2n) is 19.7. The molecule has 67 heavy (non-hydrogen) atoms. The van der Waals surface area contributed by atoms with Crippen molar-refractivity contribution in [3.8, 4) is 0 Å². The maximum Gasteiger partial charge on any atom is 0.407 e. The Morgan fingerprint density at radius 1 is 0.925 bits per heavy atom. The molecule has 9 atom stereocenters. The number of likely N-dealkylation sites (tertiary alicyclic amines) is 1. The molecule has 1 aliphatic rings. The zero-order valence-corrected chi connectivity index (χ0v) is 43.7. The van der Waals surface area contributed by atoms with Crippen molar-refractivity contribution in [3.05, 3.63) is 52.5 Å². The summed E-state index contributed by atoms with van der Waals surface area (Å²) in [6.07, 6.45) is 2.75. The minimum absolute atomic E-state index is 0.0118. The van der Waals surface area contributed by atoms with Gasteiger partial charge in [0.05, 0.1) is 61.9 Å². The van der Waals surface area contributed by atoms with Gasteiger partial charge in [-0.2, -0.15) is 0 Å². The summed E-state index contributed by atoms with van der Waals surface area (Å²) >= 11 is 1.50. The number of likely N-dealkylation sites (N-methyl/N-ethyl adjacent to an activating group) is 2. The third-order valence-corrected chi connectivity index (χ3v) is 13.6. The SMILES string of the molecule is CCC(C)C(C(CC(=O)N1CCCC1C(OC)C(C)C(=O)NC(Cc1ccccc1)c1nccs1)OC)N(C)C(=O)C(NC(=O)C(C(C)C)N(C)CCOCCNC(=O)OC(C)(C)C)C(C)C. The highest BCUT2D eigenvalue weighted by atomic mass is 32.1. The topological polar surface area (TPSA) is 181 Å². The second-order valence-corrected chi connectivity index (χ2v) is 20.6. The van der Waals surface area contributed by atoms with Gasteiger partial charge in [-0.3, -0.25) is 24.1 Å². The average molecular weight is 958 g/mol. The van der Waals surface area contributed by atoms with E-state index in [2.05, 4.69) is 20.9 Å². The van der Waals surface area contributed by atoms with Crippen molar-refractivity contribution in [3.63, 3.8) is 0 Å². The lowest BCUT2D eigenvalue weighted by Gasteiger charge is -2.41. The van der Waals surface area contributed by atoms with Crippen LogP contribution >= 0.6 is 11.3 Å². The number of rotatable bonds is 27. The number of hydrogen-bond donors (Lipinski definition) is 3. The van der Waals surface area contributed by atoms with Gasteiger partial charge in [0.15, 0.2) is 0 Å². The third-order valence-electron chi connectivity index (χ3n) is 12.7. The third kappa shape index (κ3) is 17.4. The van der Waals surface area contributed by atoms with Crippen LogP contribution in [0.3, 0.4) is 0 Å². The molecule has 9 unspecified atom stereocenters. The highest BCUT2D eigenvalue weighted by Crippen LogP contribution is 2.31. The molecule has 17 heteroatoms. The smallest absolute Gasteiger partial charge is 0.407 e. The Morgan fingerprint density at radius 3 is 2.18 bits per heavy atom. The van der Waals surface area contributed by atoms with Crippen LogP contribution in [0.25, 0.3) is 0 Å². The number of nitrogens with zero attached hydrogens (tertiary/aromatic N) is 4. The lowest BCUT2D eigenvalue weighted by Crippen LogP contribution is -2.60. The second kappa shape index (κ2) is 27.7. The highest BCUT2D eigenvalue weighted by Gasteiger charge is 2.43. The number of hydrogen-bond acceptors (Lipinski definition) is 12. The number of thiazole rings is 1. The number of benzene rings is 1. The molecule has 3 rings (SSSR count). The van der Waals surface area contributed by atoms with E-state index in [0.29, 0.717) is 39.0 Å². The van der Waals surface area contributed by atoms with Crippen molar-refractivity contribution in [2.75, 3.05) is 61.2 Å². The molecule has 0 spiro atoms. The Hall–Kier alpha value is -4.16. The van der Waals surface area contributed by atoms with E-state index in [4.69, 9.17) is 18.9 Å². The van der Waals surface area contributed by atoms with Crippen LogP contribution in [0.5, 0.6) is 0 Å². The first-order valence-electron chi connectivity index (χ1n) is 24.1. The van der Waals surface area contributed by atoms with Crippen LogP contribution in [0.1, 0.15) is 112 Å². The zero-order valence-electron chi connectivity index (χ0n) is 42.8. The van der Waals surface area contributed by atoms with Gasteiger partial charge in [-0.15, -0.1) is 11.3 Å². The molecule has 1 fully saturated rings. The molecule has 378 valence electrons. The molecule has 1 aromatic carbocycles. The first kappa shape index (κ1) is 57.2. The van der Waals surface area contributed by atoms with Crippen LogP contribution in [0.4, 0.5) is 4.79 Å². The molecule has 1 aromatic heterocycles. The lowest BCUT2D eigenvalue weighted by molar-refractivity contribution is -0.148. The summed E-state index contributed by atoms with van der Waals surface area (Å²) in [6, 6.07) is 7.43. The normalized spacial score (nSPS) is 17.9. The van der Waals surface area contributed by atoms with Crippen LogP contribution in [-0.4, -0.2) is 153 Å². The molecular weight excluding hydrogens is 875 g/mol. The average Bonchev–Trinajstić information content (AvgIpc) is 3.99. The van der Waals surface area contributed by atoms with Gasteiger partial charge in [0.25, 0.3) is 0 Å². The summed E-state index contributed by atoms with van der Waals surface area (Å²) in [4.78, 5) is 79.0. The fourth-order valence-corrected chi connectivity index (χ4v) is 9.73. The summed E-state index contributed by atoms with van der Waals surface area (Å²) < 4.78 is 23.2. The molecule has 0 aliphatic carbocycles. The highest BCUT2D eigenvalue weighted by molar-refractivity contribution is 7.09. The van der Waals surface area contributed by atoms with Gasteiger partial charge in [-0.05, 0) is 70.4 Å². The molecule has 5 amide bonds. The number of nitrogens with one attached hydrogen (secondary N) is 3. The van der Waals surface area contributed by atoms with E-state index in [1.54, 1.807) is 53.1 Å². The molecule has 3 N–H and O–H groups in total. The Labute approximate surface area is 404 Å². The van der Waals surface area contributed by atoms with Gasteiger partial charge in [0, 0.05) is 52.5 Å². The van der Waals surface area contributed by atoms with Gasteiger partial charge in [-0.25, -0.2) is 9.78 Å². The quantitative estimate of drug-likeness (QED) is 0.0881. The first-order valence-corrected chi connectivity index (χ1v) is 24.9. The fourth-order valence-electron chi connectivity index (χ4n) is 9.04. The van der Waals surface area contributed by atoms with Gasteiger partial charge in [0.2, 0.25) is 23.6 Å². The van der Waals surface area contributed by atoms with Crippen LogP contribution in [-0.2, 0) is 44.5 Å². The molecule has 1 aliphatic heterocycles. The number of amides is 5. The first-order chi connectivity index (χ1) is 31.6. The van der Waals surface area contributed by atoms with E-state index in [0.717, 1.165) is 17.0 Å². The number of carbonyl (C=O) groups excluding carboxylic acids is 5. The Kier molecular flexibility index (Phi) is 23.7. The molecule has 2 heterocycles. The molecular formula is C50H83N7O9S. The summed E-state index contributed by atoms with van der Waals surface area (Å²) in [5.74, 6) is -1.82. The van der Waals surface area contributed by atoms with Crippen molar-refractivity contribution in [2.24, 2.45) is 23.7 Å². The predicted molar refractivity (Wildman–Crippen MR) is 262 cm³/mol. The van der Waals surface area contributed by atoms with E-state index in [-0.39, 0.29) is 73.0 Å². The summed E-state index contributed by atoms with van der Waals surface area (Å²) in [6.45, 7) is 20.9. The fraction of sp³-hybridized carbons (Fsp3) is 0.720. The van der Waals surface area contributed by atoms with Crippen molar-refractivity contribution in [2.45, 2.75) is 149 Å². The maximum atomic E-state index is 14.6. The lowest BCUT2D eigenvalue weighted by atomic mass is 9.89. The van der Waals surface area contributed by atoms with E-state index >= 15 is 0 Å². The van der Waals surface area contributed by atoms with Gasteiger partial charge in [0.1, 0.15) is 16.7 Å². The number of ether oxygens (including phenoxy) is 4. The van der Waals surface area contributed by atoms with Gasteiger partial charge in [-0.1, -0.05) is 85.2 Å². The summed E-state index contributed by atoms with van der Waals surface area (Å²) in [5.41, 5.74) is 0.488. The molecule has 2 aromatic rings. The standard InChI is InChI=1S/C50H83N7O9S/c1-15-34(6)43(56(12)48(61)41(32(2)3)54-46(60)42(33(4)5)55(11)26-28-65-27-23-52-49(62)66-50(8,9)10)39(63-13)31-40(58)57-25-19-22-38(57)44(64-14)35(7)45(59)53-37(47-51-24-29-67-47)30-36-20-17-16-18-21-36/h16-18,20-21,24,29,32-35,37-39,41-44H,15,19,22-23,25-28,30-31H2,1-14H3,(H,52,62)(H,53,59)(H,54,60). The predicted octanol–water partition coefficient (Wildman–Crippen LogP) is 6.10. The molecule has 0 radical (unpaired) electrons. The van der Waals surface area contributed by atoms with E-state index < -0.39 is 47.9 Å². The molecule has 0 saturated carbocycles. The van der Waals surface area contributed by atoms with E-state index in [1.165, 1.54) is 11.3 Å². The van der Waals surface area contributed by atoms with Crippen LogP contribution in [0.2, 0.25) is 0 Å². The van der Waals surface area contributed by atoms with Crippen LogP contribution < -0.4 is 16.0 Å². The minimum atomic E-state index is -0.844. The molecule has 1 saturated heterocycles. The van der Waals surface area contributed by atoms with Crippen molar-refractivity contribution in [1.29, 1.82) is 0 Å². The van der Waals surface area contributed by atoms with E-state index in [1.807, 2.05) is 101 Å². The van der Waals surface area contributed by atoms with E-state index in [9.17, 15) is 24.0 Å². The van der Waals surface area contributed by atoms with Crippen LogP contribution in [0.15, 0.2) is 41.9 Å². The largest absolute Gasteiger partial charge is 0.444 e. The van der Waals surface area contributed by atoms with Crippen molar-refractivity contribution < 1.29 is 42.9 Å². The number of alkyl carbamates (subject to hydrolysis) is 1. The minimum Gasteiger partial charge on any atom is -0.444 e. The van der Waals surface area contributed by atoms with Gasteiger partial charge < -0.3 is 44.7 Å². The van der Waals surface area contributed by atoms with Gasteiger partial charge >= 0.3 is 6.09 Å². The monoisotopic (exact) mass is 958 g/mol. The Bertz CT molecular complexity index is 1810. The number of methoxy groups -OCH3 is 2. The molecule has 0 bridgehead atoms. The zero-order chi connectivity index (χ0) is 50.0. The van der Waals surface area contributed by atoms with Crippen molar-refractivity contribution >= 4 is 41.1 Å². The van der Waals surface area contributed by atoms with Crippen molar-refractivity contribution in [1.82, 2.24) is 35.6 Å². The van der Waals surface area contributed by atoms with Crippen LogP contribution in [0, 0.1) is 23.7 Å². The maximum absolute atomic E-state index is 14.6. The number of carbonyl (C=O) groups is 5.